The zero-order valence-electron chi connectivity index (χ0n) is 11.5. The first-order chi connectivity index (χ1) is 8.15. The molecule has 1 saturated carbocycles. The van der Waals surface area contributed by atoms with Gasteiger partial charge in [0.1, 0.15) is 0 Å². The lowest BCUT2D eigenvalue weighted by Gasteiger charge is -2.31. The SMILES string of the molecule is CCC1CCCCC1NCCNC(=O)N(C)C. The van der Waals surface area contributed by atoms with Gasteiger partial charge in [-0.3, -0.25) is 0 Å². The molecule has 0 spiro atoms. The molecule has 4 heteroatoms. The van der Waals surface area contributed by atoms with Crippen molar-refractivity contribution in [2.24, 2.45) is 5.92 Å². The second kappa shape index (κ2) is 7.54. The van der Waals surface area contributed by atoms with Crippen LogP contribution in [0.1, 0.15) is 39.0 Å². The number of amides is 2. The van der Waals surface area contributed by atoms with Gasteiger partial charge in [-0.05, 0) is 18.8 Å². The lowest BCUT2D eigenvalue weighted by atomic mass is 9.83. The van der Waals surface area contributed by atoms with Gasteiger partial charge >= 0.3 is 6.03 Å². The summed E-state index contributed by atoms with van der Waals surface area (Å²) in [6, 6.07) is 0.646. The van der Waals surface area contributed by atoms with Crippen molar-refractivity contribution < 1.29 is 4.79 Å². The van der Waals surface area contributed by atoms with Crippen molar-refractivity contribution in [1.82, 2.24) is 15.5 Å². The highest BCUT2D eigenvalue weighted by Crippen LogP contribution is 2.26. The molecule has 0 aromatic rings. The minimum atomic E-state index is -0.0116. The Kier molecular flexibility index (Phi) is 6.34. The van der Waals surface area contributed by atoms with Gasteiger partial charge in [0, 0.05) is 33.2 Å². The van der Waals surface area contributed by atoms with Gasteiger partial charge in [-0.2, -0.15) is 0 Å². The molecule has 2 amide bonds. The van der Waals surface area contributed by atoms with E-state index in [4.69, 9.17) is 0 Å². The van der Waals surface area contributed by atoms with Crippen LogP contribution in [0.2, 0.25) is 0 Å². The number of urea groups is 1. The summed E-state index contributed by atoms with van der Waals surface area (Å²) in [6.45, 7) is 3.86. The average Bonchev–Trinajstić information content (AvgIpc) is 2.34. The summed E-state index contributed by atoms with van der Waals surface area (Å²) >= 11 is 0. The third-order valence-corrected chi connectivity index (χ3v) is 3.65. The number of nitrogens with one attached hydrogen (secondary N) is 2. The van der Waals surface area contributed by atoms with Crippen LogP contribution in [0.4, 0.5) is 4.79 Å². The van der Waals surface area contributed by atoms with Crippen LogP contribution < -0.4 is 10.6 Å². The van der Waals surface area contributed by atoms with Crippen LogP contribution in [0.15, 0.2) is 0 Å². The third kappa shape index (κ3) is 4.94. The summed E-state index contributed by atoms with van der Waals surface area (Å²) < 4.78 is 0. The molecule has 0 heterocycles. The number of hydrogen-bond acceptors (Lipinski definition) is 2. The molecule has 2 N–H and O–H groups in total. The Bertz CT molecular complexity index is 231. The molecule has 1 aliphatic rings. The van der Waals surface area contributed by atoms with E-state index in [2.05, 4.69) is 17.6 Å². The Morgan fingerprint density at radius 2 is 1.94 bits per heavy atom. The predicted molar refractivity (Wildman–Crippen MR) is 71.1 cm³/mol. The molecule has 0 bridgehead atoms. The fourth-order valence-corrected chi connectivity index (χ4v) is 2.55. The van der Waals surface area contributed by atoms with E-state index in [9.17, 15) is 4.79 Å². The van der Waals surface area contributed by atoms with Gasteiger partial charge in [0.25, 0.3) is 0 Å². The zero-order chi connectivity index (χ0) is 12.7. The van der Waals surface area contributed by atoms with Crippen LogP contribution in [0.3, 0.4) is 0 Å². The first-order valence-corrected chi connectivity index (χ1v) is 6.83. The smallest absolute Gasteiger partial charge is 0.316 e. The highest BCUT2D eigenvalue weighted by Gasteiger charge is 2.22. The molecule has 4 nitrogen and oxygen atoms in total. The Balaban J connectivity index is 2.14. The van der Waals surface area contributed by atoms with Crippen LogP contribution in [0, 0.1) is 5.92 Å². The molecule has 1 aliphatic carbocycles. The molecule has 1 fully saturated rings. The molecule has 2 atom stereocenters. The van der Waals surface area contributed by atoms with Crippen molar-refractivity contribution in [3.05, 3.63) is 0 Å². The normalized spacial score (nSPS) is 24.4. The van der Waals surface area contributed by atoms with Gasteiger partial charge in [0.05, 0.1) is 0 Å². The van der Waals surface area contributed by atoms with E-state index < -0.39 is 0 Å². The minimum Gasteiger partial charge on any atom is -0.337 e. The van der Waals surface area contributed by atoms with E-state index in [-0.39, 0.29) is 6.03 Å². The Morgan fingerprint density at radius 3 is 2.59 bits per heavy atom. The molecular formula is C13H27N3O. The van der Waals surface area contributed by atoms with Crippen LogP contribution in [0.5, 0.6) is 0 Å². The molecule has 0 aliphatic heterocycles. The number of carbonyl (C=O) groups is 1. The standard InChI is InChI=1S/C13H27N3O/c1-4-11-7-5-6-8-12(11)14-9-10-15-13(17)16(2)3/h11-12,14H,4-10H2,1-3H3,(H,15,17). The minimum absolute atomic E-state index is 0.0116. The predicted octanol–water partition coefficient (Wildman–Crippen LogP) is 1.82. The topological polar surface area (TPSA) is 44.4 Å². The van der Waals surface area contributed by atoms with E-state index in [0.29, 0.717) is 12.6 Å². The maximum absolute atomic E-state index is 11.3. The molecule has 1 rings (SSSR count). The van der Waals surface area contributed by atoms with Crippen LogP contribution in [-0.2, 0) is 0 Å². The zero-order valence-corrected chi connectivity index (χ0v) is 11.5. The van der Waals surface area contributed by atoms with Crippen molar-refractivity contribution in [2.75, 3.05) is 27.2 Å². The Labute approximate surface area is 105 Å². The molecule has 2 unspecified atom stereocenters. The summed E-state index contributed by atoms with van der Waals surface area (Å²) in [5.41, 5.74) is 0. The van der Waals surface area contributed by atoms with E-state index in [1.54, 1.807) is 19.0 Å². The largest absolute Gasteiger partial charge is 0.337 e. The van der Waals surface area contributed by atoms with Crippen LogP contribution in [-0.4, -0.2) is 44.2 Å². The Hall–Kier alpha value is -0.770. The summed E-state index contributed by atoms with van der Waals surface area (Å²) in [5.74, 6) is 0.827. The Morgan fingerprint density at radius 1 is 1.24 bits per heavy atom. The maximum Gasteiger partial charge on any atom is 0.316 e. The third-order valence-electron chi connectivity index (χ3n) is 3.65. The maximum atomic E-state index is 11.3. The van der Waals surface area contributed by atoms with E-state index >= 15 is 0 Å². The van der Waals surface area contributed by atoms with Gasteiger partial charge in [0.15, 0.2) is 0 Å². The lowest BCUT2D eigenvalue weighted by molar-refractivity contribution is 0.216. The molecule has 0 aromatic heterocycles. The summed E-state index contributed by atoms with van der Waals surface area (Å²) in [7, 11) is 3.52. The summed E-state index contributed by atoms with van der Waals surface area (Å²) in [4.78, 5) is 12.9. The van der Waals surface area contributed by atoms with Gasteiger partial charge < -0.3 is 15.5 Å². The first kappa shape index (κ1) is 14.3. The van der Waals surface area contributed by atoms with Crippen molar-refractivity contribution >= 4 is 6.03 Å². The lowest BCUT2D eigenvalue weighted by Crippen LogP contribution is -2.43. The summed E-state index contributed by atoms with van der Waals surface area (Å²) in [6.07, 6.45) is 6.65. The van der Waals surface area contributed by atoms with E-state index in [0.717, 1.165) is 12.5 Å². The highest BCUT2D eigenvalue weighted by molar-refractivity contribution is 5.73. The molecule has 0 saturated heterocycles. The van der Waals surface area contributed by atoms with Crippen LogP contribution >= 0.6 is 0 Å². The van der Waals surface area contributed by atoms with Crippen LogP contribution in [0.25, 0.3) is 0 Å². The number of nitrogens with zero attached hydrogens (tertiary/aromatic N) is 1. The van der Waals surface area contributed by atoms with E-state index in [1.165, 1.54) is 32.1 Å². The van der Waals surface area contributed by atoms with Crippen molar-refractivity contribution in [2.45, 2.75) is 45.1 Å². The summed E-state index contributed by atoms with van der Waals surface area (Å²) in [5, 5.41) is 6.46. The molecular weight excluding hydrogens is 214 g/mol. The van der Waals surface area contributed by atoms with E-state index in [1.807, 2.05) is 0 Å². The number of rotatable bonds is 5. The molecule has 0 radical (unpaired) electrons. The second-order valence-corrected chi connectivity index (χ2v) is 5.14. The quantitative estimate of drug-likeness (QED) is 0.721. The molecule has 100 valence electrons. The van der Waals surface area contributed by atoms with Gasteiger partial charge in [-0.25, -0.2) is 4.79 Å². The van der Waals surface area contributed by atoms with Crippen molar-refractivity contribution in [3.63, 3.8) is 0 Å². The molecule has 17 heavy (non-hydrogen) atoms. The fraction of sp³-hybridized carbons (Fsp3) is 0.923. The van der Waals surface area contributed by atoms with Gasteiger partial charge in [0.2, 0.25) is 0 Å². The first-order valence-electron chi connectivity index (χ1n) is 6.83. The number of carbonyl (C=O) groups excluding carboxylic acids is 1. The van der Waals surface area contributed by atoms with Crippen molar-refractivity contribution in [3.8, 4) is 0 Å². The van der Waals surface area contributed by atoms with Gasteiger partial charge in [-0.15, -0.1) is 0 Å². The average molecular weight is 241 g/mol. The highest BCUT2D eigenvalue weighted by atomic mass is 16.2. The van der Waals surface area contributed by atoms with Crippen molar-refractivity contribution in [1.29, 1.82) is 0 Å². The second-order valence-electron chi connectivity index (χ2n) is 5.14. The monoisotopic (exact) mass is 241 g/mol. The number of hydrogen-bond donors (Lipinski definition) is 2. The fourth-order valence-electron chi connectivity index (χ4n) is 2.55. The molecule has 0 aromatic carbocycles. The van der Waals surface area contributed by atoms with Gasteiger partial charge in [-0.1, -0.05) is 26.2 Å².